The lowest BCUT2D eigenvalue weighted by Crippen LogP contribution is -2.44. The molecule has 0 bridgehead atoms. The zero-order valence-electron chi connectivity index (χ0n) is 16.2. The van der Waals surface area contributed by atoms with E-state index < -0.39 is 6.03 Å². The van der Waals surface area contributed by atoms with Crippen molar-refractivity contribution >= 4 is 23.3 Å². The first-order chi connectivity index (χ1) is 14.2. The molecule has 3 aromatic rings. The molecule has 0 aliphatic heterocycles. The molecule has 0 radical (unpaired) electrons. The first kappa shape index (κ1) is 20.8. The van der Waals surface area contributed by atoms with Crippen LogP contribution in [-0.2, 0) is 24.3 Å². The molecule has 5 nitrogen and oxygen atoms in total. The maximum Gasteiger partial charge on any atom is 0.321 e. The van der Waals surface area contributed by atoms with Crippen LogP contribution < -0.4 is 10.6 Å². The quantitative estimate of drug-likeness (QED) is 0.567. The van der Waals surface area contributed by atoms with Crippen LogP contribution in [0.15, 0.2) is 78.2 Å². The zero-order chi connectivity index (χ0) is 20.3. The SMILES string of the molecule is O=C(CN(Cc1ccccc1)Cc1ccccc1)NC(=O)NCCc1cccs1. The van der Waals surface area contributed by atoms with Crippen molar-refractivity contribution in [3.05, 3.63) is 94.2 Å². The van der Waals surface area contributed by atoms with Gasteiger partial charge in [-0.3, -0.25) is 15.0 Å². The van der Waals surface area contributed by atoms with Gasteiger partial charge in [-0.05, 0) is 29.0 Å². The molecule has 3 rings (SSSR count). The molecule has 0 saturated carbocycles. The summed E-state index contributed by atoms with van der Waals surface area (Å²) in [7, 11) is 0. The van der Waals surface area contributed by atoms with Crippen molar-refractivity contribution in [2.24, 2.45) is 0 Å². The second-order valence-electron chi connectivity index (χ2n) is 6.75. The highest BCUT2D eigenvalue weighted by Gasteiger charge is 2.14. The normalized spacial score (nSPS) is 10.7. The number of nitrogens with one attached hydrogen (secondary N) is 2. The summed E-state index contributed by atoms with van der Waals surface area (Å²) < 4.78 is 0. The van der Waals surface area contributed by atoms with Gasteiger partial charge in [0.05, 0.1) is 6.54 Å². The summed E-state index contributed by atoms with van der Waals surface area (Å²) in [4.78, 5) is 27.7. The Balaban J connectivity index is 1.51. The third-order valence-electron chi connectivity index (χ3n) is 4.36. The van der Waals surface area contributed by atoms with Gasteiger partial charge in [0, 0.05) is 24.5 Å². The molecule has 0 saturated heterocycles. The Morgan fingerprint density at radius 2 is 1.45 bits per heavy atom. The minimum absolute atomic E-state index is 0.141. The van der Waals surface area contributed by atoms with Gasteiger partial charge in [0.1, 0.15) is 0 Å². The third-order valence-corrected chi connectivity index (χ3v) is 5.29. The molecule has 0 unspecified atom stereocenters. The fraction of sp³-hybridized carbons (Fsp3) is 0.217. The first-order valence-electron chi connectivity index (χ1n) is 9.59. The Bertz CT molecular complexity index is 842. The minimum atomic E-state index is -0.453. The van der Waals surface area contributed by atoms with E-state index in [-0.39, 0.29) is 12.5 Å². The van der Waals surface area contributed by atoms with Crippen molar-refractivity contribution in [2.75, 3.05) is 13.1 Å². The molecular formula is C23H25N3O2S. The number of hydrogen-bond acceptors (Lipinski definition) is 4. The van der Waals surface area contributed by atoms with Crippen LogP contribution >= 0.6 is 11.3 Å². The van der Waals surface area contributed by atoms with Gasteiger partial charge in [0.25, 0.3) is 0 Å². The number of benzene rings is 2. The Morgan fingerprint density at radius 3 is 2.00 bits per heavy atom. The summed E-state index contributed by atoms with van der Waals surface area (Å²) in [5.41, 5.74) is 2.24. The Morgan fingerprint density at radius 1 is 0.828 bits per heavy atom. The van der Waals surface area contributed by atoms with Crippen LogP contribution in [0.1, 0.15) is 16.0 Å². The Kier molecular flexibility index (Phi) is 7.98. The molecule has 29 heavy (non-hydrogen) atoms. The standard InChI is InChI=1S/C23H25N3O2S/c27-22(25-23(28)24-14-13-21-12-7-15-29-21)18-26(16-19-8-3-1-4-9-19)17-20-10-5-2-6-11-20/h1-12,15H,13-14,16-18H2,(H2,24,25,27,28). The molecule has 1 aromatic heterocycles. The van der Waals surface area contributed by atoms with Gasteiger partial charge in [0.15, 0.2) is 0 Å². The molecule has 6 heteroatoms. The van der Waals surface area contributed by atoms with E-state index in [1.165, 1.54) is 4.88 Å². The van der Waals surface area contributed by atoms with Crippen molar-refractivity contribution in [2.45, 2.75) is 19.5 Å². The van der Waals surface area contributed by atoms with Gasteiger partial charge >= 0.3 is 6.03 Å². The molecule has 0 fully saturated rings. The minimum Gasteiger partial charge on any atom is -0.337 e. The van der Waals surface area contributed by atoms with E-state index in [2.05, 4.69) is 10.6 Å². The predicted octanol–water partition coefficient (Wildman–Crippen LogP) is 3.82. The van der Waals surface area contributed by atoms with E-state index in [0.29, 0.717) is 19.6 Å². The van der Waals surface area contributed by atoms with Crippen LogP contribution in [0.4, 0.5) is 4.79 Å². The van der Waals surface area contributed by atoms with E-state index in [9.17, 15) is 9.59 Å². The van der Waals surface area contributed by atoms with E-state index >= 15 is 0 Å². The number of carbonyl (C=O) groups excluding carboxylic acids is 2. The predicted molar refractivity (Wildman–Crippen MR) is 117 cm³/mol. The first-order valence-corrected chi connectivity index (χ1v) is 10.5. The highest BCUT2D eigenvalue weighted by atomic mass is 32.1. The average Bonchev–Trinajstić information content (AvgIpc) is 3.23. The molecule has 2 aromatic carbocycles. The number of amides is 3. The van der Waals surface area contributed by atoms with E-state index in [1.54, 1.807) is 11.3 Å². The lowest BCUT2D eigenvalue weighted by Gasteiger charge is -2.22. The van der Waals surface area contributed by atoms with Crippen molar-refractivity contribution in [1.29, 1.82) is 0 Å². The van der Waals surface area contributed by atoms with E-state index in [1.807, 2.05) is 83.1 Å². The monoisotopic (exact) mass is 407 g/mol. The number of nitrogens with zero attached hydrogens (tertiary/aromatic N) is 1. The maximum absolute atomic E-state index is 12.4. The lowest BCUT2D eigenvalue weighted by atomic mass is 10.1. The van der Waals surface area contributed by atoms with Gasteiger partial charge in [0.2, 0.25) is 5.91 Å². The number of carbonyl (C=O) groups is 2. The van der Waals surface area contributed by atoms with Crippen LogP contribution in [0.2, 0.25) is 0 Å². The average molecular weight is 408 g/mol. The smallest absolute Gasteiger partial charge is 0.321 e. The van der Waals surface area contributed by atoms with E-state index in [0.717, 1.165) is 17.5 Å². The third kappa shape index (κ3) is 7.52. The molecule has 3 amide bonds. The Labute approximate surface area is 175 Å². The molecule has 150 valence electrons. The Hall–Kier alpha value is -2.96. The van der Waals surface area contributed by atoms with Crippen molar-refractivity contribution in [3.63, 3.8) is 0 Å². The van der Waals surface area contributed by atoms with Crippen LogP contribution in [0, 0.1) is 0 Å². The highest BCUT2D eigenvalue weighted by Crippen LogP contribution is 2.10. The second kappa shape index (κ2) is 11.1. The van der Waals surface area contributed by atoms with Gasteiger partial charge in [-0.15, -0.1) is 11.3 Å². The number of urea groups is 1. The lowest BCUT2D eigenvalue weighted by molar-refractivity contribution is -0.121. The van der Waals surface area contributed by atoms with Crippen molar-refractivity contribution in [1.82, 2.24) is 15.5 Å². The summed E-state index contributed by atoms with van der Waals surface area (Å²) in [5.74, 6) is -0.314. The summed E-state index contributed by atoms with van der Waals surface area (Å²) in [5, 5.41) is 7.18. The molecule has 0 spiro atoms. The topological polar surface area (TPSA) is 61.4 Å². The largest absolute Gasteiger partial charge is 0.337 e. The number of imide groups is 1. The van der Waals surface area contributed by atoms with Gasteiger partial charge in [-0.1, -0.05) is 66.7 Å². The molecular weight excluding hydrogens is 382 g/mol. The molecule has 1 heterocycles. The van der Waals surface area contributed by atoms with Crippen LogP contribution in [-0.4, -0.2) is 29.9 Å². The summed E-state index contributed by atoms with van der Waals surface area (Å²) in [6.45, 7) is 1.89. The number of thiophene rings is 1. The zero-order valence-corrected chi connectivity index (χ0v) is 17.0. The van der Waals surface area contributed by atoms with Crippen molar-refractivity contribution < 1.29 is 9.59 Å². The van der Waals surface area contributed by atoms with Gasteiger partial charge < -0.3 is 5.32 Å². The summed E-state index contributed by atoms with van der Waals surface area (Å²) in [6.07, 6.45) is 0.757. The maximum atomic E-state index is 12.4. The highest BCUT2D eigenvalue weighted by molar-refractivity contribution is 7.09. The number of hydrogen-bond donors (Lipinski definition) is 2. The number of rotatable bonds is 9. The molecule has 2 N–H and O–H groups in total. The molecule has 0 atom stereocenters. The fourth-order valence-electron chi connectivity index (χ4n) is 3.02. The summed E-state index contributed by atoms with van der Waals surface area (Å²) in [6, 6.07) is 23.6. The summed E-state index contributed by atoms with van der Waals surface area (Å²) >= 11 is 1.65. The van der Waals surface area contributed by atoms with E-state index in [4.69, 9.17) is 0 Å². The molecule has 0 aliphatic carbocycles. The van der Waals surface area contributed by atoms with Crippen LogP contribution in [0.3, 0.4) is 0 Å². The van der Waals surface area contributed by atoms with Crippen LogP contribution in [0.25, 0.3) is 0 Å². The molecule has 0 aliphatic rings. The van der Waals surface area contributed by atoms with Crippen LogP contribution in [0.5, 0.6) is 0 Å². The van der Waals surface area contributed by atoms with Gasteiger partial charge in [-0.2, -0.15) is 0 Å². The fourth-order valence-corrected chi connectivity index (χ4v) is 3.73. The van der Waals surface area contributed by atoms with Crippen molar-refractivity contribution in [3.8, 4) is 0 Å². The van der Waals surface area contributed by atoms with Gasteiger partial charge in [-0.25, -0.2) is 4.79 Å². The second-order valence-corrected chi connectivity index (χ2v) is 7.78.